The van der Waals surface area contributed by atoms with Crippen LogP contribution in [0.2, 0.25) is 5.02 Å². The highest BCUT2D eigenvalue weighted by Crippen LogP contribution is 2.33. The summed E-state index contributed by atoms with van der Waals surface area (Å²) < 4.78 is 34.1. The highest BCUT2D eigenvalue weighted by atomic mass is 35.5. The zero-order valence-corrected chi connectivity index (χ0v) is 21.7. The lowest BCUT2D eigenvalue weighted by molar-refractivity contribution is -0.122. The minimum atomic E-state index is -4.08. The normalized spacial score (nSPS) is 17.2. The van der Waals surface area contributed by atoms with E-state index in [9.17, 15) is 18.0 Å². The Morgan fingerprint density at radius 2 is 1.73 bits per heavy atom. The Morgan fingerprint density at radius 3 is 2.38 bits per heavy atom. The number of halogens is 1. The quantitative estimate of drug-likeness (QED) is 0.298. The molecule has 0 radical (unpaired) electrons. The number of para-hydroxylation sites is 2. The summed E-state index contributed by atoms with van der Waals surface area (Å²) in [4.78, 5) is 32.1. The maximum atomic E-state index is 13.6. The summed E-state index contributed by atoms with van der Waals surface area (Å²) in [6.45, 7) is 3.56. The zero-order valence-electron chi connectivity index (χ0n) is 20.2. The minimum absolute atomic E-state index is 0.0126. The molecule has 4 aromatic rings. The summed E-state index contributed by atoms with van der Waals surface area (Å²) >= 11 is 5.93. The van der Waals surface area contributed by atoms with Gasteiger partial charge in [-0.15, -0.1) is 0 Å². The highest BCUT2D eigenvalue weighted by molar-refractivity contribution is 7.89. The molecule has 1 aromatic heterocycles. The van der Waals surface area contributed by atoms with Gasteiger partial charge >= 0.3 is 0 Å². The van der Waals surface area contributed by atoms with Crippen LogP contribution >= 0.6 is 11.6 Å². The van der Waals surface area contributed by atoms with Gasteiger partial charge in [0.15, 0.2) is 5.58 Å². The molecule has 37 heavy (non-hydrogen) atoms. The van der Waals surface area contributed by atoms with E-state index in [2.05, 4.69) is 4.98 Å². The number of amides is 2. The number of hydrogen-bond donors (Lipinski definition) is 0. The molecule has 3 aromatic carbocycles. The van der Waals surface area contributed by atoms with E-state index in [-0.39, 0.29) is 11.3 Å². The van der Waals surface area contributed by atoms with Gasteiger partial charge in [-0.3, -0.25) is 9.59 Å². The summed E-state index contributed by atoms with van der Waals surface area (Å²) in [5.74, 6) is -0.636. The van der Waals surface area contributed by atoms with Crippen LogP contribution in [0, 0.1) is 0 Å². The van der Waals surface area contributed by atoms with Crippen molar-refractivity contribution >= 4 is 50.2 Å². The van der Waals surface area contributed by atoms with Gasteiger partial charge in [0, 0.05) is 16.6 Å². The molecule has 8 nitrogen and oxygen atoms in total. The fraction of sp³-hybridized carbons (Fsp3) is 0.222. The smallest absolute Gasteiger partial charge is 0.252 e. The Morgan fingerprint density at radius 1 is 1.05 bits per heavy atom. The predicted octanol–water partition coefficient (Wildman–Crippen LogP) is 5.27. The van der Waals surface area contributed by atoms with Crippen LogP contribution in [0.3, 0.4) is 0 Å². The first-order chi connectivity index (χ1) is 17.7. The molecule has 10 heteroatoms. The minimum Gasteiger partial charge on any atom is -0.436 e. The fourth-order valence-electron chi connectivity index (χ4n) is 4.45. The van der Waals surface area contributed by atoms with Crippen molar-refractivity contribution in [2.24, 2.45) is 0 Å². The number of rotatable bonds is 7. The number of carbonyl (C=O) groups is 2. The first kappa shape index (κ1) is 25.1. The van der Waals surface area contributed by atoms with Gasteiger partial charge in [0.05, 0.1) is 17.0 Å². The Hall–Kier alpha value is -3.53. The van der Waals surface area contributed by atoms with Gasteiger partial charge in [-0.2, -0.15) is 4.31 Å². The second-order valence-electron chi connectivity index (χ2n) is 8.87. The number of oxazole rings is 1. The molecule has 2 unspecified atom stereocenters. The second-order valence-corrected chi connectivity index (χ2v) is 11.1. The molecule has 1 aliphatic heterocycles. The number of fused-ring (bicyclic) bond motifs is 1. The standard InChI is InChI=1S/C27H24ClN3O5S/c1-3-17(2)31(37(34,35)21-14-10-19(28)11-15-21)23-16-25(32)30(27(23)33)20-12-8-18(9-13-20)26-29-22-6-4-5-7-24(22)36-26/h4-15,17,23H,3,16H2,1-2H3. The lowest BCUT2D eigenvalue weighted by atomic mass is 10.2. The van der Waals surface area contributed by atoms with Gasteiger partial charge < -0.3 is 4.42 Å². The van der Waals surface area contributed by atoms with E-state index in [4.69, 9.17) is 16.0 Å². The molecular weight excluding hydrogens is 514 g/mol. The molecule has 1 fully saturated rings. The van der Waals surface area contributed by atoms with Crippen molar-refractivity contribution in [3.05, 3.63) is 77.8 Å². The first-order valence-electron chi connectivity index (χ1n) is 11.8. The Bertz CT molecular complexity index is 1550. The molecule has 0 N–H and O–H groups in total. The Kier molecular flexibility index (Phi) is 6.61. The molecule has 5 rings (SSSR count). The molecule has 190 valence electrons. The number of carbonyl (C=O) groups excluding carboxylic acids is 2. The molecular formula is C27H24ClN3O5S. The second kappa shape index (κ2) is 9.74. The van der Waals surface area contributed by atoms with Crippen molar-refractivity contribution < 1.29 is 22.4 Å². The SMILES string of the molecule is CCC(C)N(C1CC(=O)N(c2ccc(-c3nc4ccccc4o3)cc2)C1=O)S(=O)(=O)c1ccc(Cl)cc1. The van der Waals surface area contributed by atoms with Crippen molar-refractivity contribution in [3.8, 4) is 11.5 Å². The van der Waals surface area contributed by atoms with Crippen LogP contribution in [0.5, 0.6) is 0 Å². The number of imide groups is 1. The van der Waals surface area contributed by atoms with E-state index >= 15 is 0 Å². The summed E-state index contributed by atoms with van der Waals surface area (Å²) in [6.07, 6.45) is 0.215. The Labute approximate surface area is 219 Å². The van der Waals surface area contributed by atoms with E-state index in [1.54, 1.807) is 31.2 Å². The van der Waals surface area contributed by atoms with Crippen molar-refractivity contribution in [1.29, 1.82) is 0 Å². The maximum absolute atomic E-state index is 13.6. The van der Waals surface area contributed by atoms with Gasteiger partial charge in [-0.25, -0.2) is 18.3 Å². The molecule has 1 aliphatic rings. The van der Waals surface area contributed by atoms with Crippen molar-refractivity contribution in [2.75, 3.05) is 4.90 Å². The molecule has 0 bridgehead atoms. The third kappa shape index (κ3) is 4.54. The van der Waals surface area contributed by atoms with Gasteiger partial charge in [-0.1, -0.05) is 30.7 Å². The number of anilines is 1. The average Bonchev–Trinajstić information content (AvgIpc) is 3.45. The summed E-state index contributed by atoms with van der Waals surface area (Å²) in [5, 5.41) is 0.397. The lowest BCUT2D eigenvalue weighted by Crippen LogP contribution is -2.49. The number of aromatic nitrogens is 1. The van der Waals surface area contributed by atoms with Gasteiger partial charge in [0.1, 0.15) is 11.6 Å². The topological polar surface area (TPSA) is 101 Å². The largest absolute Gasteiger partial charge is 0.436 e. The summed E-state index contributed by atoms with van der Waals surface area (Å²) in [7, 11) is -4.08. The number of nitrogens with zero attached hydrogens (tertiary/aromatic N) is 3. The summed E-state index contributed by atoms with van der Waals surface area (Å²) in [6, 6.07) is 18.2. The molecule has 0 saturated carbocycles. The third-order valence-corrected chi connectivity index (χ3v) is 8.80. The van der Waals surface area contributed by atoms with Gasteiger partial charge in [0.2, 0.25) is 21.8 Å². The molecule has 0 spiro atoms. The van der Waals surface area contributed by atoms with E-state index in [0.29, 0.717) is 34.2 Å². The fourth-order valence-corrected chi connectivity index (χ4v) is 6.43. The molecule has 1 saturated heterocycles. The third-order valence-electron chi connectivity index (χ3n) is 6.51. The van der Waals surface area contributed by atoms with Gasteiger partial charge in [0.25, 0.3) is 5.91 Å². The number of benzene rings is 3. The van der Waals surface area contributed by atoms with Gasteiger partial charge in [-0.05, 0) is 74.0 Å². The molecule has 2 heterocycles. The summed E-state index contributed by atoms with van der Waals surface area (Å²) in [5.41, 5.74) is 2.41. The van der Waals surface area contributed by atoms with Crippen LogP contribution in [0.1, 0.15) is 26.7 Å². The van der Waals surface area contributed by atoms with E-state index < -0.39 is 33.9 Å². The predicted molar refractivity (Wildman–Crippen MR) is 141 cm³/mol. The van der Waals surface area contributed by atoms with Crippen LogP contribution < -0.4 is 4.90 Å². The van der Waals surface area contributed by atoms with Crippen LogP contribution in [-0.2, 0) is 19.6 Å². The molecule has 2 atom stereocenters. The van der Waals surface area contributed by atoms with Crippen LogP contribution in [0.15, 0.2) is 82.1 Å². The lowest BCUT2D eigenvalue weighted by Gasteiger charge is -2.31. The average molecular weight is 538 g/mol. The van der Waals surface area contributed by atoms with Crippen molar-refractivity contribution in [1.82, 2.24) is 9.29 Å². The number of hydrogen-bond acceptors (Lipinski definition) is 6. The molecule has 2 amide bonds. The van der Waals surface area contributed by atoms with Crippen molar-refractivity contribution in [3.63, 3.8) is 0 Å². The Balaban J connectivity index is 1.45. The van der Waals surface area contributed by atoms with Crippen LogP contribution in [0.4, 0.5) is 5.69 Å². The van der Waals surface area contributed by atoms with E-state index in [1.807, 2.05) is 31.2 Å². The maximum Gasteiger partial charge on any atom is 0.252 e. The van der Waals surface area contributed by atoms with E-state index in [0.717, 1.165) is 14.7 Å². The van der Waals surface area contributed by atoms with Crippen LogP contribution in [-0.4, -0.2) is 41.6 Å². The van der Waals surface area contributed by atoms with E-state index in [1.165, 1.54) is 24.3 Å². The number of sulfonamides is 1. The zero-order chi connectivity index (χ0) is 26.3. The van der Waals surface area contributed by atoms with Crippen molar-refractivity contribution in [2.45, 2.75) is 43.7 Å². The van der Waals surface area contributed by atoms with Crippen LogP contribution in [0.25, 0.3) is 22.6 Å². The monoisotopic (exact) mass is 537 g/mol. The molecule has 0 aliphatic carbocycles. The first-order valence-corrected chi connectivity index (χ1v) is 13.6. The highest BCUT2D eigenvalue weighted by Gasteiger charge is 2.48.